The fourth-order valence-corrected chi connectivity index (χ4v) is 4.44. The van der Waals surface area contributed by atoms with Gasteiger partial charge in [0.25, 0.3) is 5.91 Å². The van der Waals surface area contributed by atoms with E-state index in [1.807, 2.05) is 0 Å². The van der Waals surface area contributed by atoms with Gasteiger partial charge in [-0.1, -0.05) is 6.42 Å². The number of carbonyl (C=O) groups excluding carboxylic acids is 2. The number of nitrogens with zero attached hydrogens (tertiary/aromatic N) is 2. The largest absolute Gasteiger partial charge is 0.481 e. The number of fused-ring (bicyclic) bond motifs is 1. The van der Waals surface area contributed by atoms with Crippen molar-refractivity contribution in [2.75, 3.05) is 26.2 Å². The number of carboxylic acids is 1. The molecule has 6 nitrogen and oxygen atoms in total. The summed E-state index contributed by atoms with van der Waals surface area (Å²) in [5, 5.41) is 9.84. The van der Waals surface area contributed by atoms with Crippen molar-refractivity contribution in [2.45, 2.75) is 19.3 Å². The summed E-state index contributed by atoms with van der Waals surface area (Å²) in [7, 11) is 0. The Kier molecular flexibility index (Phi) is 4.16. The zero-order valence-corrected chi connectivity index (χ0v) is 14.7. The zero-order valence-electron chi connectivity index (χ0n) is 14.7. The molecule has 1 aromatic rings. The molecule has 1 aromatic carbocycles. The minimum Gasteiger partial charge on any atom is -0.481 e. The van der Waals surface area contributed by atoms with E-state index in [0.717, 1.165) is 37.5 Å². The van der Waals surface area contributed by atoms with Crippen LogP contribution in [0.5, 0.6) is 0 Å². The SMILES string of the molecule is O=C(c1cc(F)ccc1F)N1C[C@H]2CN(C(=O)C3CCC3)C[C@@]2(C(=O)O)C1. The third-order valence-electron chi connectivity index (χ3n) is 6.25. The van der Waals surface area contributed by atoms with Crippen LogP contribution in [-0.2, 0) is 9.59 Å². The number of benzene rings is 1. The van der Waals surface area contributed by atoms with Crippen LogP contribution in [0.3, 0.4) is 0 Å². The maximum absolute atomic E-state index is 13.9. The highest BCUT2D eigenvalue weighted by Gasteiger charge is 2.60. The van der Waals surface area contributed by atoms with Gasteiger partial charge in [-0.15, -0.1) is 0 Å². The first-order chi connectivity index (χ1) is 12.8. The quantitative estimate of drug-likeness (QED) is 0.869. The zero-order chi connectivity index (χ0) is 19.3. The molecule has 0 unspecified atom stereocenters. The van der Waals surface area contributed by atoms with Crippen molar-refractivity contribution in [2.24, 2.45) is 17.3 Å². The summed E-state index contributed by atoms with van der Waals surface area (Å²) in [4.78, 5) is 40.1. The van der Waals surface area contributed by atoms with Gasteiger partial charge in [-0.3, -0.25) is 14.4 Å². The van der Waals surface area contributed by atoms with Gasteiger partial charge in [-0.25, -0.2) is 8.78 Å². The normalized spacial score (nSPS) is 27.4. The van der Waals surface area contributed by atoms with Crippen molar-refractivity contribution < 1.29 is 28.3 Å². The van der Waals surface area contributed by atoms with E-state index in [9.17, 15) is 28.3 Å². The van der Waals surface area contributed by atoms with Gasteiger partial charge in [0, 0.05) is 38.0 Å². The van der Waals surface area contributed by atoms with Gasteiger partial charge in [0.2, 0.25) is 5.91 Å². The maximum Gasteiger partial charge on any atom is 0.313 e. The second kappa shape index (κ2) is 6.28. The van der Waals surface area contributed by atoms with Crippen LogP contribution in [0.2, 0.25) is 0 Å². The second-order valence-electron chi connectivity index (χ2n) is 7.81. The van der Waals surface area contributed by atoms with Crippen LogP contribution >= 0.6 is 0 Å². The van der Waals surface area contributed by atoms with Crippen molar-refractivity contribution in [3.8, 4) is 0 Å². The molecule has 2 amide bonds. The summed E-state index contributed by atoms with van der Waals surface area (Å²) in [6.07, 6.45) is 2.69. The topological polar surface area (TPSA) is 77.9 Å². The van der Waals surface area contributed by atoms with Crippen LogP contribution in [0.15, 0.2) is 18.2 Å². The van der Waals surface area contributed by atoms with Gasteiger partial charge in [-0.05, 0) is 31.0 Å². The molecule has 2 atom stereocenters. The Morgan fingerprint density at radius 3 is 2.33 bits per heavy atom. The maximum atomic E-state index is 13.9. The summed E-state index contributed by atoms with van der Waals surface area (Å²) in [5.74, 6) is -3.81. The predicted molar refractivity (Wildman–Crippen MR) is 89.7 cm³/mol. The van der Waals surface area contributed by atoms with Gasteiger partial charge in [0.1, 0.15) is 17.0 Å². The minimum atomic E-state index is -1.25. The average molecular weight is 378 g/mol. The van der Waals surface area contributed by atoms with E-state index >= 15 is 0 Å². The molecule has 3 aliphatic rings. The number of likely N-dealkylation sites (tertiary alicyclic amines) is 2. The third-order valence-corrected chi connectivity index (χ3v) is 6.25. The van der Waals surface area contributed by atoms with E-state index in [2.05, 4.69) is 0 Å². The van der Waals surface area contributed by atoms with Gasteiger partial charge in [0.15, 0.2) is 0 Å². The summed E-state index contributed by atoms with van der Waals surface area (Å²) in [5.41, 5.74) is -1.66. The van der Waals surface area contributed by atoms with E-state index in [4.69, 9.17) is 0 Å². The molecule has 1 N–H and O–H groups in total. The van der Waals surface area contributed by atoms with Crippen LogP contribution in [0.4, 0.5) is 8.78 Å². The van der Waals surface area contributed by atoms with Crippen molar-refractivity contribution in [1.29, 1.82) is 0 Å². The van der Waals surface area contributed by atoms with Crippen LogP contribution in [-0.4, -0.2) is 58.9 Å². The molecule has 4 rings (SSSR count). The lowest BCUT2D eigenvalue weighted by molar-refractivity contribution is -0.149. The minimum absolute atomic E-state index is 0.00896. The van der Waals surface area contributed by atoms with E-state index in [1.54, 1.807) is 4.90 Å². The highest BCUT2D eigenvalue weighted by Crippen LogP contribution is 2.44. The molecule has 144 valence electrons. The number of carboxylic acid groups (broad SMARTS) is 1. The molecule has 8 heteroatoms. The lowest BCUT2D eigenvalue weighted by atomic mass is 9.81. The van der Waals surface area contributed by atoms with Crippen LogP contribution in [0, 0.1) is 28.9 Å². The van der Waals surface area contributed by atoms with Crippen LogP contribution in [0.1, 0.15) is 29.6 Å². The number of aliphatic carboxylic acids is 1. The van der Waals surface area contributed by atoms with Crippen molar-refractivity contribution in [3.05, 3.63) is 35.4 Å². The Hall–Kier alpha value is -2.51. The first-order valence-corrected chi connectivity index (χ1v) is 9.08. The van der Waals surface area contributed by atoms with Crippen molar-refractivity contribution in [1.82, 2.24) is 9.80 Å². The number of rotatable bonds is 3. The molecule has 2 saturated heterocycles. The number of carbonyl (C=O) groups is 3. The van der Waals surface area contributed by atoms with E-state index < -0.39 is 40.4 Å². The standard InChI is InChI=1S/C19H20F2N2O4/c20-13-4-5-15(21)14(6-13)17(25)23-8-12-7-22(16(24)11-2-1-3-11)9-19(12,10-23)18(26)27/h4-6,11-12H,1-3,7-10H2,(H,26,27)/t12-,19-/m1/s1. The van der Waals surface area contributed by atoms with Crippen molar-refractivity contribution >= 4 is 17.8 Å². The first kappa shape index (κ1) is 17.9. The molecule has 0 aromatic heterocycles. The van der Waals surface area contributed by atoms with Crippen LogP contribution < -0.4 is 0 Å². The van der Waals surface area contributed by atoms with Crippen molar-refractivity contribution in [3.63, 3.8) is 0 Å². The Balaban J connectivity index is 1.54. The third kappa shape index (κ3) is 2.78. The molecule has 1 saturated carbocycles. The Labute approximate surface area is 154 Å². The number of halogens is 2. The molecular weight excluding hydrogens is 358 g/mol. The fraction of sp³-hybridized carbons (Fsp3) is 0.526. The Morgan fingerprint density at radius 1 is 1.07 bits per heavy atom. The Morgan fingerprint density at radius 2 is 1.74 bits per heavy atom. The fourth-order valence-electron chi connectivity index (χ4n) is 4.44. The molecule has 3 fully saturated rings. The summed E-state index contributed by atoms with van der Waals surface area (Å²) in [6, 6.07) is 2.63. The van der Waals surface area contributed by atoms with Gasteiger partial charge < -0.3 is 14.9 Å². The number of amides is 2. The van der Waals surface area contributed by atoms with E-state index in [-0.39, 0.29) is 38.0 Å². The molecular formula is C19H20F2N2O4. The van der Waals surface area contributed by atoms with Gasteiger partial charge in [-0.2, -0.15) is 0 Å². The highest BCUT2D eigenvalue weighted by atomic mass is 19.1. The summed E-state index contributed by atoms with van der Waals surface area (Å²) < 4.78 is 27.3. The highest BCUT2D eigenvalue weighted by molar-refractivity contribution is 5.95. The summed E-state index contributed by atoms with van der Waals surface area (Å²) >= 11 is 0. The van der Waals surface area contributed by atoms with Crippen LogP contribution in [0.25, 0.3) is 0 Å². The molecule has 0 spiro atoms. The van der Waals surface area contributed by atoms with E-state index in [1.165, 1.54) is 4.90 Å². The lowest BCUT2D eigenvalue weighted by Crippen LogP contribution is -2.45. The first-order valence-electron chi connectivity index (χ1n) is 9.08. The number of hydrogen-bond acceptors (Lipinski definition) is 3. The molecule has 27 heavy (non-hydrogen) atoms. The Bertz CT molecular complexity index is 826. The molecule has 0 radical (unpaired) electrons. The number of hydrogen-bond donors (Lipinski definition) is 1. The lowest BCUT2D eigenvalue weighted by Gasteiger charge is -2.31. The smallest absolute Gasteiger partial charge is 0.313 e. The summed E-state index contributed by atoms with van der Waals surface area (Å²) in [6.45, 7) is 0.320. The molecule has 2 aliphatic heterocycles. The second-order valence-corrected chi connectivity index (χ2v) is 7.81. The molecule has 0 bridgehead atoms. The van der Waals surface area contributed by atoms with E-state index in [0.29, 0.717) is 0 Å². The van der Waals surface area contributed by atoms with Gasteiger partial charge >= 0.3 is 5.97 Å². The van der Waals surface area contributed by atoms with Gasteiger partial charge in [0.05, 0.1) is 5.56 Å². The molecule has 2 heterocycles. The predicted octanol–water partition coefficient (Wildman–Crippen LogP) is 1.75. The monoisotopic (exact) mass is 378 g/mol. The molecule has 1 aliphatic carbocycles. The average Bonchev–Trinajstić information content (AvgIpc) is 3.10.